The van der Waals surface area contributed by atoms with Crippen molar-refractivity contribution in [3.8, 4) is 17.3 Å². The van der Waals surface area contributed by atoms with E-state index in [1.54, 1.807) is 0 Å². The quantitative estimate of drug-likeness (QED) is 0.379. The van der Waals surface area contributed by atoms with Crippen molar-refractivity contribution >= 4 is 28.9 Å². The van der Waals surface area contributed by atoms with Gasteiger partial charge in [0, 0.05) is 17.5 Å². The number of aryl methyl sites for hydroxylation is 1. The number of nitriles is 1. The number of aromatic amines is 1. The lowest BCUT2D eigenvalue weighted by molar-refractivity contribution is -0.116. The van der Waals surface area contributed by atoms with Gasteiger partial charge in [0.1, 0.15) is 5.01 Å². The molecule has 2 aromatic heterocycles. The van der Waals surface area contributed by atoms with Crippen LogP contribution in [0.25, 0.3) is 11.3 Å². The van der Waals surface area contributed by atoms with Gasteiger partial charge in [0.2, 0.25) is 0 Å². The predicted octanol–water partition coefficient (Wildman–Crippen LogP) is 3.91. The first-order chi connectivity index (χ1) is 15.7. The van der Waals surface area contributed by atoms with Crippen LogP contribution in [0.2, 0.25) is 0 Å². The second-order valence-electron chi connectivity index (χ2n) is 6.95. The van der Waals surface area contributed by atoms with Crippen LogP contribution in [0.5, 0.6) is 0 Å². The van der Waals surface area contributed by atoms with Crippen molar-refractivity contribution < 1.29 is 4.79 Å². The van der Waals surface area contributed by atoms with Crippen LogP contribution in [-0.4, -0.2) is 31.3 Å². The van der Waals surface area contributed by atoms with E-state index < -0.39 is 5.92 Å². The molecule has 0 aliphatic carbocycles. The number of ketones is 1. The number of carbonyl (C=O) groups is 1. The summed E-state index contributed by atoms with van der Waals surface area (Å²) in [5, 5.41) is 18.8. The molecule has 4 aromatic rings. The maximum atomic E-state index is 12.8. The number of carbonyl (C=O) groups excluding carboxylic acids is 1. The minimum Gasteiger partial charge on any atom is -0.297 e. The lowest BCUT2D eigenvalue weighted by atomic mass is 10.1. The number of nitrogens with one attached hydrogen (secondary N) is 1. The third kappa shape index (κ3) is 5.04. The molecule has 0 aliphatic heterocycles. The third-order valence-corrected chi connectivity index (χ3v) is 6.73. The van der Waals surface area contributed by atoms with Crippen LogP contribution in [0.4, 0.5) is 0 Å². The van der Waals surface area contributed by atoms with Gasteiger partial charge in [-0.05, 0) is 12.0 Å². The predicted molar refractivity (Wildman–Crippen MR) is 125 cm³/mol. The highest BCUT2D eigenvalue weighted by molar-refractivity contribution is 7.99. The summed E-state index contributed by atoms with van der Waals surface area (Å²) >= 11 is 2.45. The Bertz CT molecular complexity index is 1290. The zero-order valence-electron chi connectivity index (χ0n) is 17.0. The van der Waals surface area contributed by atoms with Crippen molar-refractivity contribution in [3.05, 3.63) is 87.1 Å². The molecule has 1 N–H and O–H groups in total. The van der Waals surface area contributed by atoms with Crippen LogP contribution >= 0.6 is 23.1 Å². The number of Topliss-reactive ketones (excluding diaryl/α,β-unsaturated/α-hetero) is 1. The molecule has 0 amide bonds. The van der Waals surface area contributed by atoms with Crippen molar-refractivity contribution in [2.24, 2.45) is 0 Å². The fourth-order valence-electron chi connectivity index (χ4n) is 3.14. The summed E-state index contributed by atoms with van der Waals surface area (Å²) in [4.78, 5) is 29.4. The number of rotatable bonds is 9. The van der Waals surface area contributed by atoms with Gasteiger partial charge in [-0.2, -0.15) is 5.26 Å². The molecular formula is C23H19N5O2S2. The summed E-state index contributed by atoms with van der Waals surface area (Å²) in [5.74, 6) is -1.20. The Balaban J connectivity index is 1.42. The highest BCUT2D eigenvalue weighted by atomic mass is 32.2. The summed E-state index contributed by atoms with van der Waals surface area (Å²) in [6, 6.07) is 21.5. The zero-order chi connectivity index (χ0) is 22.3. The molecule has 1 atom stereocenters. The number of aromatic nitrogens is 4. The molecule has 0 fully saturated rings. The van der Waals surface area contributed by atoms with Gasteiger partial charge in [0.15, 0.2) is 16.9 Å². The second-order valence-corrected chi connectivity index (χ2v) is 8.78. The van der Waals surface area contributed by atoms with Crippen LogP contribution < -0.4 is 5.69 Å². The number of H-pyrrole nitrogens is 1. The Morgan fingerprint density at radius 3 is 2.59 bits per heavy atom. The lowest BCUT2D eigenvalue weighted by Gasteiger charge is -2.07. The lowest BCUT2D eigenvalue weighted by Crippen LogP contribution is -2.19. The second kappa shape index (κ2) is 10.2. The summed E-state index contributed by atoms with van der Waals surface area (Å²) < 4.78 is 1.52. The minimum absolute atomic E-state index is 0.0219. The fraction of sp³-hybridized carbons (Fsp3) is 0.174. The summed E-state index contributed by atoms with van der Waals surface area (Å²) in [6.07, 6.45) is 0.671. The standard InChI is InChI=1S/C23H19N5O2S2/c24-13-18(21-25-19(14-31-21)17-9-5-2-6-10-17)20(29)15-32-23-27-26-22(30)28(23)12-11-16-7-3-1-4-8-16/h1-10,14,18H,11-12,15H2,(H,26,30). The average molecular weight is 462 g/mol. The molecule has 2 heterocycles. The maximum absolute atomic E-state index is 12.8. The molecule has 0 aliphatic rings. The monoisotopic (exact) mass is 461 g/mol. The summed E-state index contributed by atoms with van der Waals surface area (Å²) in [6.45, 7) is 0.449. The number of benzene rings is 2. The molecule has 0 radical (unpaired) electrons. The van der Waals surface area contributed by atoms with E-state index in [0.717, 1.165) is 28.6 Å². The number of thiazole rings is 1. The molecule has 32 heavy (non-hydrogen) atoms. The molecule has 2 aromatic carbocycles. The number of hydrogen-bond acceptors (Lipinski definition) is 7. The van der Waals surface area contributed by atoms with Crippen molar-refractivity contribution in [1.29, 1.82) is 5.26 Å². The molecule has 0 saturated carbocycles. The largest absolute Gasteiger partial charge is 0.343 e. The Labute approximate surface area is 192 Å². The van der Waals surface area contributed by atoms with Crippen molar-refractivity contribution in [3.63, 3.8) is 0 Å². The summed E-state index contributed by atoms with van der Waals surface area (Å²) in [7, 11) is 0. The van der Waals surface area contributed by atoms with Crippen molar-refractivity contribution in [2.45, 2.75) is 24.0 Å². The Kier molecular flexibility index (Phi) is 6.94. The van der Waals surface area contributed by atoms with E-state index in [1.807, 2.05) is 66.0 Å². The number of hydrogen-bond donors (Lipinski definition) is 1. The Hall–Kier alpha value is -3.48. The van der Waals surface area contributed by atoms with E-state index in [1.165, 1.54) is 15.9 Å². The first-order valence-corrected chi connectivity index (χ1v) is 11.8. The molecule has 0 bridgehead atoms. The van der Waals surface area contributed by atoms with Gasteiger partial charge in [0.25, 0.3) is 0 Å². The van der Waals surface area contributed by atoms with Crippen LogP contribution in [0.1, 0.15) is 16.5 Å². The normalized spacial score (nSPS) is 11.7. The van der Waals surface area contributed by atoms with Gasteiger partial charge in [-0.1, -0.05) is 72.4 Å². The minimum atomic E-state index is -0.951. The van der Waals surface area contributed by atoms with E-state index >= 15 is 0 Å². The van der Waals surface area contributed by atoms with E-state index in [-0.39, 0.29) is 17.2 Å². The molecule has 4 rings (SSSR count). The van der Waals surface area contributed by atoms with Crippen LogP contribution in [0.15, 0.2) is 76.0 Å². The SMILES string of the molecule is N#CC(C(=O)CSc1n[nH]c(=O)n1CCc1ccccc1)c1nc(-c2ccccc2)cs1. The van der Waals surface area contributed by atoms with Gasteiger partial charge < -0.3 is 0 Å². The van der Waals surface area contributed by atoms with Gasteiger partial charge >= 0.3 is 5.69 Å². The fourth-order valence-corrected chi connectivity index (χ4v) is 4.91. The maximum Gasteiger partial charge on any atom is 0.343 e. The first-order valence-electron chi connectivity index (χ1n) is 9.91. The van der Waals surface area contributed by atoms with Gasteiger partial charge in [-0.3, -0.25) is 9.36 Å². The molecule has 9 heteroatoms. The summed E-state index contributed by atoms with van der Waals surface area (Å²) in [5.41, 5.74) is 2.47. The topological polar surface area (TPSA) is 104 Å². The zero-order valence-corrected chi connectivity index (χ0v) is 18.6. The van der Waals surface area contributed by atoms with Crippen LogP contribution in [0.3, 0.4) is 0 Å². The molecule has 0 spiro atoms. The number of nitrogens with zero attached hydrogens (tertiary/aromatic N) is 4. The smallest absolute Gasteiger partial charge is 0.297 e. The third-order valence-electron chi connectivity index (χ3n) is 4.82. The van der Waals surface area contributed by atoms with Gasteiger partial charge in [0.05, 0.1) is 17.5 Å². The highest BCUT2D eigenvalue weighted by Crippen LogP contribution is 2.28. The van der Waals surface area contributed by atoms with Crippen LogP contribution in [-0.2, 0) is 17.8 Å². The number of thioether (sulfide) groups is 1. The Morgan fingerprint density at radius 2 is 1.88 bits per heavy atom. The van der Waals surface area contributed by atoms with Crippen molar-refractivity contribution in [2.75, 3.05) is 5.75 Å². The van der Waals surface area contributed by atoms with Crippen LogP contribution in [0, 0.1) is 11.3 Å². The molecule has 160 valence electrons. The van der Waals surface area contributed by atoms with E-state index in [0.29, 0.717) is 23.1 Å². The van der Waals surface area contributed by atoms with Crippen molar-refractivity contribution in [1.82, 2.24) is 19.7 Å². The molecule has 0 saturated heterocycles. The van der Waals surface area contributed by atoms with E-state index in [2.05, 4.69) is 21.3 Å². The molecule has 1 unspecified atom stereocenters. The highest BCUT2D eigenvalue weighted by Gasteiger charge is 2.25. The van der Waals surface area contributed by atoms with Gasteiger partial charge in [-0.15, -0.1) is 16.4 Å². The first kappa shape index (κ1) is 21.7. The average Bonchev–Trinajstić information content (AvgIpc) is 3.45. The van der Waals surface area contributed by atoms with Gasteiger partial charge in [-0.25, -0.2) is 14.9 Å². The Morgan fingerprint density at radius 1 is 1.16 bits per heavy atom. The van der Waals surface area contributed by atoms with E-state index in [9.17, 15) is 14.9 Å². The molecular weight excluding hydrogens is 442 g/mol. The van der Waals surface area contributed by atoms with E-state index in [4.69, 9.17) is 0 Å². The molecule has 7 nitrogen and oxygen atoms in total.